The van der Waals surface area contributed by atoms with Crippen molar-refractivity contribution < 1.29 is 17.9 Å². The van der Waals surface area contributed by atoms with Gasteiger partial charge >= 0.3 is 0 Å². The number of sulfonamides is 1. The standard InChI is InChI=1S/C14H21NO4S/c1-14(2)18-11-13(19-14)10-15-20(16,17)9-8-12-6-4-3-5-7-12/h3-7,13,15H,8-11H2,1-2H3. The van der Waals surface area contributed by atoms with Gasteiger partial charge in [0.05, 0.1) is 18.5 Å². The van der Waals surface area contributed by atoms with Crippen molar-refractivity contribution in [2.45, 2.75) is 32.2 Å². The van der Waals surface area contributed by atoms with Crippen LogP contribution in [-0.4, -0.2) is 39.2 Å². The fourth-order valence-electron chi connectivity index (χ4n) is 2.05. The maximum Gasteiger partial charge on any atom is 0.212 e. The van der Waals surface area contributed by atoms with Crippen LogP contribution in [0.25, 0.3) is 0 Å². The van der Waals surface area contributed by atoms with Gasteiger partial charge in [-0.05, 0) is 25.8 Å². The summed E-state index contributed by atoms with van der Waals surface area (Å²) in [7, 11) is -3.29. The van der Waals surface area contributed by atoms with E-state index in [-0.39, 0.29) is 18.4 Å². The van der Waals surface area contributed by atoms with Crippen molar-refractivity contribution >= 4 is 10.0 Å². The molecule has 5 nitrogen and oxygen atoms in total. The lowest BCUT2D eigenvalue weighted by Crippen LogP contribution is -2.36. The van der Waals surface area contributed by atoms with Crippen molar-refractivity contribution in [3.05, 3.63) is 35.9 Å². The minimum absolute atomic E-state index is 0.0774. The number of hydrogen-bond acceptors (Lipinski definition) is 4. The van der Waals surface area contributed by atoms with Crippen LogP contribution in [0.4, 0.5) is 0 Å². The molecule has 1 aliphatic heterocycles. The van der Waals surface area contributed by atoms with Crippen LogP contribution in [0.15, 0.2) is 30.3 Å². The largest absolute Gasteiger partial charge is 0.348 e. The summed E-state index contributed by atoms with van der Waals surface area (Å²) in [4.78, 5) is 0. The summed E-state index contributed by atoms with van der Waals surface area (Å²) in [5, 5.41) is 0. The molecule has 1 aromatic rings. The first-order chi connectivity index (χ1) is 9.36. The van der Waals surface area contributed by atoms with Gasteiger partial charge in [-0.1, -0.05) is 30.3 Å². The summed E-state index contributed by atoms with van der Waals surface area (Å²) >= 11 is 0. The Labute approximate surface area is 120 Å². The molecular weight excluding hydrogens is 278 g/mol. The highest BCUT2D eigenvalue weighted by atomic mass is 32.2. The number of benzene rings is 1. The molecule has 1 aliphatic rings. The smallest absolute Gasteiger partial charge is 0.212 e. The van der Waals surface area contributed by atoms with Gasteiger partial charge in [-0.3, -0.25) is 0 Å². The lowest BCUT2D eigenvalue weighted by atomic mass is 10.2. The Balaban J connectivity index is 1.77. The molecule has 2 rings (SSSR count). The van der Waals surface area contributed by atoms with Gasteiger partial charge in [-0.25, -0.2) is 13.1 Å². The normalized spacial score (nSPS) is 22.0. The van der Waals surface area contributed by atoms with Crippen LogP contribution in [0.2, 0.25) is 0 Å². The minimum atomic E-state index is -3.29. The first-order valence-electron chi connectivity index (χ1n) is 6.69. The Hall–Kier alpha value is -0.950. The van der Waals surface area contributed by atoms with E-state index >= 15 is 0 Å². The van der Waals surface area contributed by atoms with Crippen molar-refractivity contribution in [3.63, 3.8) is 0 Å². The Morgan fingerprint density at radius 2 is 2.00 bits per heavy atom. The summed E-state index contributed by atoms with van der Waals surface area (Å²) in [5.74, 6) is -0.547. The zero-order valence-electron chi connectivity index (χ0n) is 11.8. The van der Waals surface area contributed by atoms with Gasteiger partial charge in [0, 0.05) is 6.54 Å². The van der Waals surface area contributed by atoms with Crippen LogP contribution in [0, 0.1) is 0 Å². The molecule has 1 saturated heterocycles. The van der Waals surface area contributed by atoms with Gasteiger partial charge in [0.15, 0.2) is 5.79 Å². The van der Waals surface area contributed by atoms with E-state index < -0.39 is 15.8 Å². The summed E-state index contributed by atoms with van der Waals surface area (Å²) in [5.41, 5.74) is 1.01. The molecular formula is C14H21NO4S. The number of ether oxygens (including phenoxy) is 2. The molecule has 1 aromatic carbocycles. The SMILES string of the molecule is CC1(C)OCC(CNS(=O)(=O)CCc2ccccc2)O1. The van der Waals surface area contributed by atoms with E-state index in [0.29, 0.717) is 13.0 Å². The Morgan fingerprint density at radius 1 is 1.30 bits per heavy atom. The van der Waals surface area contributed by atoms with Gasteiger partial charge in [0.1, 0.15) is 0 Å². The predicted molar refractivity (Wildman–Crippen MR) is 76.8 cm³/mol. The highest BCUT2D eigenvalue weighted by molar-refractivity contribution is 7.89. The quantitative estimate of drug-likeness (QED) is 0.860. The monoisotopic (exact) mass is 299 g/mol. The van der Waals surface area contributed by atoms with E-state index in [9.17, 15) is 8.42 Å². The average molecular weight is 299 g/mol. The van der Waals surface area contributed by atoms with E-state index in [1.165, 1.54) is 0 Å². The van der Waals surface area contributed by atoms with Gasteiger partial charge in [0.25, 0.3) is 0 Å². The molecule has 0 spiro atoms. The number of nitrogens with one attached hydrogen (secondary N) is 1. The molecule has 0 aliphatic carbocycles. The fraction of sp³-hybridized carbons (Fsp3) is 0.571. The molecule has 1 unspecified atom stereocenters. The van der Waals surface area contributed by atoms with E-state index in [1.807, 2.05) is 44.2 Å². The van der Waals surface area contributed by atoms with Crippen LogP contribution < -0.4 is 4.72 Å². The van der Waals surface area contributed by atoms with Crippen LogP contribution >= 0.6 is 0 Å². The first-order valence-corrected chi connectivity index (χ1v) is 8.35. The topological polar surface area (TPSA) is 64.6 Å². The average Bonchev–Trinajstić information content (AvgIpc) is 2.75. The molecule has 20 heavy (non-hydrogen) atoms. The van der Waals surface area contributed by atoms with Crippen LogP contribution in [-0.2, 0) is 25.9 Å². The highest BCUT2D eigenvalue weighted by Gasteiger charge is 2.33. The van der Waals surface area contributed by atoms with Gasteiger partial charge in [-0.2, -0.15) is 0 Å². The van der Waals surface area contributed by atoms with Crippen LogP contribution in [0.3, 0.4) is 0 Å². The van der Waals surface area contributed by atoms with Gasteiger partial charge < -0.3 is 9.47 Å². The second kappa shape index (κ2) is 6.22. The minimum Gasteiger partial charge on any atom is -0.348 e. The molecule has 1 fully saturated rings. The molecule has 1 heterocycles. The number of rotatable bonds is 6. The lowest BCUT2D eigenvalue weighted by Gasteiger charge is -2.17. The zero-order valence-corrected chi connectivity index (χ0v) is 12.7. The predicted octanol–water partition coefficient (Wildman–Crippen LogP) is 1.30. The lowest BCUT2D eigenvalue weighted by molar-refractivity contribution is -0.137. The molecule has 0 saturated carbocycles. The molecule has 0 aromatic heterocycles. The maximum absolute atomic E-state index is 11.9. The van der Waals surface area contributed by atoms with Crippen molar-refractivity contribution in [1.29, 1.82) is 0 Å². The van der Waals surface area contributed by atoms with Crippen molar-refractivity contribution in [2.75, 3.05) is 18.9 Å². The molecule has 1 N–H and O–H groups in total. The van der Waals surface area contributed by atoms with Crippen molar-refractivity contribution in [1.82, 2.24) is 4.72 Å². The Kier molecular flexibility index (Phi) is 4.80. The van der Waals surface area contributed by atoms with E-state index in [0.717, 1.165) is 5.56 Å². The number of hydrogen-bond donors (Lipinski definition) is 1. The third kappa shape index (κ3) is 4.86. The van der Waals surface area contributed by atoms with Gasteiger partial charge in [-0.15, -0.1) is 0 Å². The summed E-state index contributed by atoms with van der Waals surface area (Å²) in [6, 6.07) is 9.57. The summed E-state index contributed by atoms with van der Waals surface area (Å²) < 4.78 is 37.4. The molecule has 112 valence electrons. The third-order valence-corrected chi connectivity index (χ3v) is 4.45. The van der Waals surface area contributed by atoms with Gasteiger partial charge in [0.2, 0.25) is 10.0 Å². The van der Waals surface area contributed by atoms with Crippen LogP contribution in [0.5, 0.6) is 0 Å². The maximum atomic E-state index is 11.9. The third-order valence-electron chi connectivity index (χ3n) is 3.10. The fourth-order valence-corrected chi connectivity index (χ4v) is 3.14. The highest BCUT2D eigenvalue weighted by Crippen LogP contribution is 2.21. The Morgan fingerprint density at radius 3 is 2.60 bits per heavy atom. The summed E-state index contributed by atoms with van der Waals surface area (Å²) in [6.07, 6.45) is 0.278. The number of aryl methyl sites for hydroxylation is 1. The molecule has 1 atom stereocenters. The van der Waals surface area contributed by atoms with Crippen LogP contribution in [0.1, 0.15) is 19.4 Å². The van der Waals surface area contributed by atoms with Crippen molar-refractivity contribution in [3.8, 4) is 0 Å². The summed E-state index contributed by atoms with van der Waals surface area (Å²) in [6.45, 7) is 4.29. The Bertz CT molecular complexity index is 527. The van der Waals surface area contributed by atoms with E-state index in [4.69, 9.17) is 9.47 Å². The van der Waals surface area contributed by atoms with Crippen molar-refractivity contribution in [2.24, 2.45) is 0 Å². The molecule has 0 radical (unpaired) electrons. The van der Waals surface area contributed by atoms with E-state index in [1.54, 1.807) is 0 Å². The molecule has 0 bridgehead atoms. The second-order valence-corrected chi connectivity index (χ2v) is 7.28. The zero-order chi connectivity index (χ0) is 14.6. The molecule has 0 amide bonds. The second-order valence-electron chi connectivity index (χ2n) is 5.35. The van der Waals surface area contributed by atoms with E-state index in [2.05, 4.69) is 4.72 Å². The first kappa shape index (κ1) is 15.4. The molecule has 6 heteroatoms.